The first kappa shape index (κ1) is 20.7. The third-order valence-corrected chi connectivity index (χ3v) is 4.65. The Balaban J connectivity index is 2.32. The molecule has 0 saturated heterocycles. The molecule has 8 nitrogen and oxygen atoms in total. The number of hydrogen-bond donors (Lipinski definition) is 1. The Labute approximate surface area is 159 Å². The molecule has 0 aliphatic carbocycles. The van der Waals surface area contributed by atoms with E-state index in [2.05, 4.69) is 26.3 Å². The molecule has 1 amide bonds. The molecule has 146 valence electrons. The SMILES string of the molecule is COc1cc(NC(=O)C(C)n2nc(C(F)(F)F)c(Br)c2C)cc([N+](=O)[O-])c1. The first-order chi connectivity index (χ1) is 12.5. The van der Waals surface area contributed by atoms with Crippen LogP contribution in [0.15, 0.2) is 22.7 Å². The Bertz CT molecular complexity index is 898. The van der Waals surface area contributed by atoms with Gasteiger partial charge in [-0.15, -0.1) is 0 Å². The number of aromatic nitrogens is 2. The molecule has 0 bridgehead atoms. The van der Waals surface area contributed by atoms with Crippen LogP contribution in [0.2, 0.25) is 0 Å². The maximum atomic E-state index is 13.0. The van der Waals surface area contributed by atoms with Crippen LogP contribution in [0.4, 0.5) is 24.5 Å². The molecule has 2 aromatic rings. The molecule has 1 aromatic carbocycles. The Morgan fingerprint density at radius 3 is 2.52 bits per heavy atom. The molecule has 0 fully saturated rings. The van der Waals surface area contributed by atoms with Gasteiger partial charge in [0, 0.05) is 12.1 Å². The van der Waals surface area contributed by atoms with Crippen LogP contribution in [0.3, 0.4) is 0 Å². The molecule has 0 aliphatic rings. The number of carbonyl (C=O) groups excluding carboxylic acids is 1. The minimum atomic E-state index is -4.68. The fourth-order valence-electron chi connectivity index (χ4n) is 2.29. The molecular weight excluding hydrogens is 437 g/mol. The number of methoxy groups -OCH3 is 1. The van der Waals surface area contributed by atoms with Gasteiger partial charge in [-0.3, -0.25) is 19.6 Å². The Morgan fingerprint density at radius 2 is 2.04 bits per heavy atom. The summed E-state index contributed by atoms with van der Waals surface area (Å²) in [4.78, 5) is 22.7. The Hall–Kier alpha value is -2.63. The van der Waals surface area contributed by atoms with Gasteiger partial charge in [0.05, 0.1) is 34.0 Å². The Morgan fingerprint density at radius 1 is 1.41 bits per heavy atom. The average molecular weight is 451 g/mol. The van der Waals surface area contributed by atoms with Crippen LogP contribution in [0, 0.1) is 17.0 Å². The van der Waals surface area contributed by atoms with Crippen LogP contribution in [-0.2, 0) is 11.0 Å². The molecule has 27 heavy (non-hydrogen) atoms. The lowest BCUT2D eigenvalue weighted by atomic mass is 10.2. The zero-order valence-electron chi connectivity index (χ0n) is 14.3. The van der Waals surface area contributed by atoms with E-state index in [0.717, 1.165) is 10.7 Å². The highest BCUT2D eigenvalue weighted by molar-refractivity contribution is 9.10. The molecule has 1 aromatic heterocycles. The monoisotopic (exact) mass is 450 g/mol. The number of anilines is 1. The van der Waals surface area contributed by atoms with Gasteiger partial charge in [0.2, 0.25) is 5.91 Å². The minimum Gasteiger partial charge on any atom is -0.496 e. The van der Waals surface area contributed by atoms with Gasteiger partial charge in [-0.25, -0.2) is 0 Å². The van der Waals surface area contributed by atoms with Gasteiger partial charge in [0.1, 0.15) is 11.8 Å². The smallest absolute Gasteiger partial charge is 0.436 e. The van der Waals surface area contributed by atoms with E-state index < -0.39 is 28.7 Å². The second-order valence-corrected chi connectivity index (χ2v) is 6.33. The van der Waals surface area contributed by atoms with Crippen molar-refractivity contribution in [3.05, 3.63) is 44.2 Å². The van der Waals surface area contributed by atoms with Crippen LogP contribution in [0.25, 0.3) is 0 Å². The van der Waals surface area contributed by atoms with Gasteiger partial charge < -0.3 is 10.1 Å². The maximum absolute atomic E-state index is 13.0. The zero-order chi connectivity index (χ0) is 20.5. The van der Waals surface area contributed by atoms with E-state index in [1.165, 1.54) is 33.1 Å². The average Bonchev–Trinajstić information content (AvgIpc) is 2.89. The number of nitrogens with one attached hydrogen (secondary N) is 1. The number of rotatable bonds is 5. The predicted molar refractivity (Wildman–Crippen MR) is 92.7 cm³/mol. The van der Waals surface area contributed by atoms with E-state index in [4.69, 9.17) is 4.74 Å². The second kappa shape index (κ2) is 7.55. The molecule has 0 saturated carbocycles. The van der Waals surface area contributed by atoms with E-state index in [0.29, 0.717) is 0 Å². The molecule has 12 heteroatoms. The third-order valence-electron chi connectivity index (χ3n) is 3.70. The molecule has 2 rings (SSSR count). The molecule has 0 aliphatic heterocycles. The van der Waals surface area contributed by atoms with Crippen LogP contribution >= 0.6 is 15.9 Å². The number of non-ortho nitro benzene ring substituents is 1. The number of nitro groups is 1. The normalized spacial score (nSPS) is 12.6. The van der Waals surface area contributed by atoms with E-state index in [1.807, 2.05) is 0 Å². The van der Waals surface area contributed by atoms with E-state index >= 15 is 0 Å². The molecule has 1 atom stereocenters. The number of halogens is 4. The van der Waals surface area contributed by atoms with Crippen molar-refractivity contribution in [2.45, 2.75) is 26.1 Å². The lowest BCUT2D eigenvalue weighted by molar-refractivity contribution is -0.384. The van der Waals surface area contributed by atoms with Crippen molar-refractivity contribution in [3.63, 3.8) is 0 Å². The summed E-state index contributed by atoms with van der Waals surface area (Å²) in [5, 5.41) is 16.9. The van der Waals surface area contributed by atoms with Crippen molar-refractivity contribution in [1.82, 2.24) is 9.78 Å². The van der Waals surface area contributed by atoms with Gasteiger partial charge in [-0.2, -0.15) is 18.3 Å². The Kier molecular flexibility index (Phi) is 5.78. The van der Waals surface area contributed by atoms with Crippen molar-refractivity contribution >= 4 is 33.2 Å². The molecule has 1 unspecified atom stereocenters. The molecule has 0 spiro atoms. The maximum Gasteiger partial charge on any atom is 0.436 e. The van der Waals surface area contributed by atoms with Gasteiger partial charge in [-0.1, -0.05) is 0 Å². The van der Waals surface area contributed by atoms with Crippen LogP contribution < -0.4 is 10.1 Å². The molecular formula is C15H14BrF3N4O4. The standard InChI is InChI=1S/C15H14BrF3N4O4/c1-7-12(16)13(15(17,18)19)21-22(7)8(2)14(24)20-9-4-10(23(25)26)6-11(5-9)27-3/h4-6,8H,1-3H3,(H,20,24). The summed E-state index contributed by atoms with van der Waals surface area (Å²) in [6.45, 7) is 2.74. The summed E-state index contributed by atoms with van der Waals surface area (Å²) < 4.78 is 44.5. The number of benzene rings is 1. The summed E-state index contributed by atoms with van der Waals surface area (Å²) in [5.74, 6) is -0.561. The first-order valence-electron chi connectivity index (χ1n) is 7.41. The second-order valence-electron chi connectivity index (χ2n) is 5.53. The van der Waals surface area contributed by atoms with E-state index in [1.54, 1.807) is 0 Å². The summed E-state index contributed by atoms with van der Waals surface area (Å²) in [6, 6.07) is 2.52. The quantitative estimate of drug-likeness (QED) is 0.546. The fraction of sp³-hybridized carbons (Fsp3) is 0.333. The number of amides is 1. The van der Waals surface area contributed by atoms with E-state index in [9.17, 15) is 28.1 Å². The van der Waals surface area contributed by atoms with Crippen molar-refractivity contribution in [1.29, 1.82) is 0 Å². The first-order valence-corrected chi connectivity index (χ1v) is 8.21. The number of hydrogen-bond acceptors (Lipinski definition) is 5. The summed E-state index contributed by atoms with van der Waals surface area (Å²) in [5.41, 5.74) is -1.27. The van der Waals surface area contributed by atoms with Crippen molar-refractivity contribution in [2.75, 3.05) is 12.4 Å². The fourth-order valence-corrected chi connectivity index (χ4v) is 2.78. The van der Waals surface area contributed by atoms with Gasteiger partial charge in [0.25, 0.3) is 5.69 Å². The molecule has 0 radical (unpaired) electrons. The lowest BCUT2D eigenvalue weighted by Crippen LogP contribution is -2.25. The summed E-state index contributed by atoms with van der Waals surface area (Å²) in [7, 11) is 1.30. The summed E-state index contributed by atoms with van der Waals surface area (Å²) in [6.07, 6.45) is -4.68. The number of nitrogens with zero attached hydrogens (tertiary/aromatic N) is 3. The van der Waals surface area contributed by atoms with Crippen molar-refractivity contribution in [3.8, 4) is 5.75 Å². The lowest BCUT2D eigenvalue weighted by Gasteiger charge is -2.15. The third kappa shape index (κ3) is 4.38. The highest BCUT2D eigenvalue weighted by Gasteiger charge is 2.39. The van der Waals surface area contributed by atoms with Crippen molar-refractivity contribution in [2.24, 2.45) is 0 Å². The highest BCUT2D eigenvalue weighted by Crippen LogP contribution is 2.36. The number of carbonyl (C=O) groups is 1. The highest BCUT2D eigenvalue weighted by atomic mass is 79.9. The summed E-state index contributed by atoms with van der Waals surface area (Å²) >= 11 is 2.84. The number of nitro benzene ring substituents is 1. The predicted octanol–water partition coefficient (Wildman–Crippen LogP) is 4.09. The molecule has 1 N–H and O–H groups in total. The van der Waals surface area contributed by atoms with Crippen LogP contribution in [0.5, 0.6) is 5.75 Å². The van der Waals surface area contributed by atoms with Gasteiger partial charge in [0.15, 0.2) is 5.69 Å². The van der Waals surface area contributed by atoms with Crippen LogP contribution in [0.1, 0.15) is 24.4 Å². The van der Waals surface area contributed by atoms with Gasteiger partial charge >= 0.3 is 6.18 Å². The van der Waals surface area contributed by atoms with Gasteiger partial charge in [-0.05, 0) is 29.8 Å². The number of alkyl halides is 3. The minimum absolute atomic E-state index is 0.0674. The van der Waals surface area contributed by atoms with E-state index in [-0.39, 0.29) is 27.3 Å². The topological polar surface area (TPSA) is 99.3 Å². The largest absolute Gasteiger partial charge is 0.496 e. The van der Waals surface area contributed by atoms with Crippen molar-refractivity contribution < 1.29 is 27.6 Å². The number of ether oxygens (including phenoxy) is 1. The van der Waals surface area contributed by atoms with Crippen LogP contribution in [-0.4, -0.2) is 27.7 Å². The molecule has 1 heterocycles. The zero-order valence-corrected chi connectivity index (χ0v) is 15.9.